The number of rotatable bonds is 5. The van der Waals surface area contributed by atoms with Gasteiger partial charge in [-0.1, -0.05) is 36.4 Å². The van der Waals surface area contributed by atoms with Crippen LogP contribution in [0.4, 0.5) is 4.39 Å². The Kier molecular flexibility index (Phi) is 4.51. The largest absolute Gasteiger partial charge is 0.507 e. The number of carbonyl (C=O) groups is 1. The van der Waals surface area contributed by atoms with Crippen molar-refractivity contribution < 1.29 is 14.3 Å². The van der Waals surface area contributed by atoms with Crippen molar-refractivity contribution in [3.05, 3.63) is 65.9 Å². The third-order valence-corrected chi connectivity index (χ3v) is 4.08. The quantitative estimate of drug-likeness (QED) is 0.756. The van der Waals surface area contributed by atoms with E-state index in [4.69, 9.17) is 0 Å². The lowest BCUT2D eigenvalue weighted by molar-refractivity contribution is 0.0934. The second kappa shape index (κ2) is 6.74. The van der Waals surface area contributed by atoms with Crippen molar-refractivity contribution >= 4 is 16.8 Å². The molecule has 1 aromatic heterocycles. The molecule has 0 bridgehead atoms. The first-order chi connectivity index (χ1) is 11.6. The van der Waals surface area contributed by atoms with Gasteiger partial charge in [0.25, 0.3) is 5.91 Å². The van der Waals surface area contributed by atoms with Crippen molar-refractivity contribution in [2.24, 2.45) is 7.05 Å². The first-order valence-electron chi connectivity index (χ1n) is 7.80. The fraction of sp³-hybridized carbons (Fsp3) is 0.211. The molecule has 3 aromatic rings. The summed E-state index contributed by atoms with van der Waals surface area (Å²) in [7, 11) is 1.74. The number of hydrogen-bond acceptors (Lipinski definition) is 2. The Hall–Kier alpha value is -2.82. The number of phenolic OH excluding ortho intramolecular Hbond substituents is 1. The molecule has 2 N–H and O–H groups in total. The Morgan fingerprint density at radius 3 is 2.67 bits per heavy atom. The van der Waals surface area contributed by atoms with E-state index in [-0.39, 0.29) is 24.6 Å². The summed E-state index contributed by atoms with van der Waals surface area (Å²) < 4.78 is 15.8. The molecule has 1 heterocycles. The predicted octanol–water partition coefficient (Wildman–Crippen LogP) is 3.19. The van der Waals surface area contributed by atoms with E-state index in [0.717, 1.165) is 11.1 Å². The van der Waals surface area contributed by atoms with Gasteiger partial charge in [0.2, 0.25) is 0 Å². The van der Waals surface area contributed by atoms with Gasteiger partial charge in [0.15, 0.2) is 0 Å². The molecule has 0 spiro atoms. The lowest BCUT2D eigenvalue weighted by Crippen LogP contribution is -2.32. The molecule has 0 fully saturated rings. The van der Waals surface area contributed by atoms with Crippen LogP contribution in [0.25, 0.3) is 10.9 Å². The Morgan fingerprint density at radius 1 is 1.21 bits per heavy atom. The molecule has 0 aliphatic carbocycles. The fourth-order valence-electron chi connectivity index (χ4n) is 2.80. The maximum atomic E-state index is 14.1. The van der Waals surface area contributed by atoms with Crippen LogP contribution in [0.3, 0.4) is 0 Å². The van der Waals surface area contributed by atoms with Crippen LogP contribution in [-0.2, 0) is 13.5 Å². The second-order valence-electron chi connectivity index (χ2n) is 5.80. The lowest BCUT2D eigenvalue weighted by atomic mass is 10.1. The van der Waals surface area contributed by atoms with Crippen molar-refractivity contribution in [1.82, 2.24) is 9.88 Å². The summed E-state index contributed by atoms with van der Waals surface area (Å²) in [5.41, 5.74) is 2.04. The zero-order valence-corrected chi connectivity index (χ0v) is 13.4. The minimum Gasteiger partial charge on any atom is -0.507 e. The van der Waals surface area contributed by atoms with Crippen molar-refractivity contribution in [3.63, 3.8) is 0 Å². The van der Waals surface area contributed by atoms with Gasteiger partial charge >= 0.3 is 0 Å². The van der Waals surface area contributed by atoms with Gasteiger partial charge < -0.3 is 15.0 Å². The molecule has 1 atom stereocenters. The van der Waals surface area contributed by atoms with Crippen molar-refractivity contribution in [2.45, 2.75) is 12.6 Å². The third-order valence-electron chi connectivity index (χ3n) is 4.08. The predicted molar refractivity (Wildman–Crippen MR) is 92.0 cm³/mol. The molecule has 0 aliphatic heterocycles. The molecule has 0 unspecified atom stereocenters. The normalized spacial score (nSPS) is 12.2. The highest BCUT2D eigenvalue weighted by Crippen LogP contribution is 2.27. The summed E-state index contributed by atoms with van der Waals surface area (Å²) in [6, 6.07) is 16.1. The van der Waals surface area contributed by atoms with E-state index in [0.29, 0.717) is 11.1 Å². The molecule has 0 radical (unpaired) electrons. The Balaban J connectivity index is 1.67. The minimum atomic E-state index is -1.15. The molecular formula is C19H19FN2O2. The van der Waals surface area contributed by atoms with E-state index in [2.05, 4.69) is 5.32 Å². The number of fused-ring (bicyclic) bond motifs is 1. The van der Waals surface area contributed by atoms with Gasteiger partial charge in [-0.05, 0) is 23.8 Å². The van der Waals surface area contributed by atoms with Crippen LogP contribution in [0.1, 0.15) is 16.1 Å². The lowest BCUT2D eigenvalue weighted by Gasteiger charge is -2.10. The highest BCUT2D eigenvalue weighted by molar-refractivity contribution is 6.00. The number of aromatic hydroxyl groups is 1. The molecular weight excluding hydrogens is 307 g/mol. The number of aromatic nitrogens is 1. The monoisotopic (exact) mass is 326 g/mol. The minimum absolute atomic E-state index is 0.0543. The van der Waals surface area contributed by atoms with Crippen LogP contribution in [0.15, 0.2) is 54.6 Å². The van der Waals surface area contributed by atoms with Crippen LogP contribution in [-0.4, -0.2) is 28.3 Å². The number of carbonyl (C=O) groups excluding carboxylic acids is 1. The average molecular weight is 326 g/mol. The van der Waals surface area contributed by atoms with Crippen molar-refractivity contribution in [3.8, 4) is 5.75 Å². The van der Waals surface area contributed by atoms with Gasteiger partial charge in [0, 0.05) is 25.4 Å². The summed E-state index contributed by atoms with van der Waals surface area (Å²) in [4.78, 5) is 12.3. The maximum Gasteiger partial charge on any atom is 0.268 e. The van der Waals surface area contributed by atoms with Crippen LogP contribution in [0.5, 0.6) is 5.75 Å². The van der Waals surface area contributed by atoms with Crippen LogP contribution in [0, 0.1) is 0 Å². The highest BCUT2D eigenvalue weighted by atomic mass is 19.1. The van der Waals surface area contributed by atoms with Crippen molar-refractivity contribution in [2.75, 3.05) is 6.54 Å². The van der Waals surface area contributed by atoms with E-state index in [1.165, 1.54) is 0 Å². The summed E-state index contributed by atoms with van der Waals surface area (Å²) >= 11 is 0. The molecule has 1 amide bonds. The third kappa shape index (κ3) is 3.25. The fourth-order valence-corrected chi connectivity index (χ4v) is 2.80. The van der Waals surface area contributed by atoms with Gasteiger partial charge in [-0.15, -0.1) is 0 Å². The molecule has 0 saturated carbocycles. The molecule has 2 aromatic carbocycles. The van der Waals surface area contributed by atoms with Gasteiger partial charge in [0.05, 0.1) is 5.52 Å². The number of benzene rings is 2. The number of nitrogens with zero attached hydrogens (tertiary/aromatic N) is 1. The number of nitrogens with one attached hydrogen (secondary N) is 1. The highest BCUT2D eigenvalue weighted by Gasteiger charge is 2.16. The number of amides is 1. The number of aryl methyl sites for hydroxylation is 1. The van der Waals surface area contributed by atoms with Gasteiger partial charge in [-0.2, -0.15) is 0 Å². The molecule has 5 heteroatoms. The van der Waals surface area contributed by atoms with Crippen LogP contribution < -0.4 is 5.32 Å². The molecule has 24 heavy (non-hydrogen) atoms. The van der Waals surface area contributed by atoms with Gasteiger partial charge in [0.1, 0.15) is 17.6 Å². The molecule has 0 saturated heterocycles. The topological polar surface area (TPSA) is 54.3 Å². The number of alkyl halides is 1. The first kappa shape index (κ1) is 16.1. The number of phenols is 1. The second-order valence-corrected chi connectivity index (χ2v) is 5.80. The molecule has 124 valence electrons. The smallest absolute Gasteiger partial charge is 0.268 e. The maximum absolute atomic E-state index is 14.1. The Bertz CT molecular complexity index is 858. The zero-order chi connectivity index (χ0) is 17.1. The molecule has 3 rings (SSSR count). The summed E-state index contributed by atoms with van der Waals surface area (Å²) in [5.74, 6) is -0.238. The summed E-state index contributed by atoms with van der Waals surface area (Å²) in [5, 5.41) is 13.1. The van der Waals surface area contributed by atoms with E-state index in [1.807, 2.05) is 36.4 Å². The Labute approximate surface area is 139 Å². The van der Waals surface area contributed by atoms with Crippen LogP contribution >= 0.6 is 0 Å². The van der Waals surface area contributed by atoms with Gasteiger partial charge in [-0.25, -0.2) is 4.39 Å². The van der Waals surface area contributed by atoms with Crippen molar-refractivity contribution in [1.29, 1.82) is 0 Å². The van der Waals surface area contributed by atoms with E-state index >= 15 is 0 Å². The van der Waals surface area contributed by atoms with E-state index < -0.39 is 6.17 Å². The van der Waals surface area contributed by atoms with Gasteiger partial charge in [-0.3, -0.25) is 4.79 Å². The molecule has 0 aliphatic rings. The zero-order valence-electron chi connectivity index (χ0n) is 13.4. The SMILES string of the molecule is Cn1c(C(=O)NC[C@H](F)Cc2ccccc2)cc2c(O)cccc21. The Morgan fingerprint density at radius 2 is 1.96 bits per heavy atom. The number of halogens is 1. The summed E-state index contributed by atoms with van der Waals surface area (Å²) in [6.07, 6.45) is -0.892. The van der Waals surface area contributed by atoms with Crippen LogP contribution in [0.2, 0.25) is 0 Å². The van der Waals surface area contributed by atoms with E-state index in [1.54, 1.807) is 29.8 Å². The summed E-state index contributed by atoms with van der Waals surface area (Å²) in [6.45, 7) is -0.0543. The number of hydrogen-bond donors (Lipinski definition) is 2. The van der Waals surface area contributed by atoms with E-state index in [9.17, 15) is 14.3 Å². The average Bonchev–Trinajstić information content (AvgIpc) is 2.92. The first-order valence-corrected chi connectivity index (χ1v) is 7.80. The standard InChI is InChI=1S/C19H19FN2O2/c1-22-16-8-5-9-18(23)15(16)11-17(22)19(24)21-12-14(20)10-13-6-3-2-4-7-13/h2-9,11,14,23H,10,12H2,1H3,(H,21,24)/t14-/m1/s1. The molecule has 4 nitrogen and oxygen atoms in total.